The van der Waals surface area contributed by atoms with Crippen molar-refractivity contribution in [2.75, 3.05) is 0 Å². The molecule has 2 unspecified atom stereocenters. The summed E-state index contributed by atoms with van der Waals surface area (Å²) in [7, 11) is 0. The summed E-state index contributed by atoms with van der Waals surface area (Å²) in [6.07, 6.45) is 5.71. The molecule has 2 nitrogen and oxygen atoms in total. The first kappa shape index (κ1) is 14.5. The molecule has 0 saturated heterocycles. The highest BCUT2D eigenvalue weighted by atomic mass is 14.6. The third-order valence-corrected chi connectivity index (χ3v) is 3.23. The molecule has 0 aliphatic carbocycles. The number of nitrogens with two attached hydrogens (primary N) is 2. The molecule has 0 spiro atoms. The zero-order valence-electron chi connectivity index (χ0n) is 11.7. The normalized spacial score (nSPS) is 14.3. The largest absolute Gasteiger partial charge is 0.324 e. The van der Waals surface area contributed by atoms with Gasteiger partial charge in [-0.25, -0.2) is 0 Å². The number of benzene rings is 2. The zero-order chi connectivity index (χ0) is 14.2. The van der Waals surface area contributed by atoms with Crippen LogP contribution in [0.1, 0.15) is 11.1 Å². The molecule has 2 aromatic carbocycles. The minimum Gasteiger partial charge on any atom is -0.324 e. The Balaban J connectivity index is 1.82. The van der Waals surface area contributed by atoms with Crippen LogP contribution in [0.15, 0.2) is 72.8 Å². The van der Waals surface area contributed by atoms with Crippen molar-refractivity contribution >= 4 is 0 Å². The maximum absolute atomic E-state index is 6.11. The van der Waals surface area contributed by atoms with Crippen molar-refractivity contribution in [1.82, 2.24) is 0 Å². The minimum absolute atomic E-state index is 0.0132. The molecule has 0 radical (unpaired) electrons. The summed E-state index contributed by atoms with van der Waals surface area (Å²) in [5.41, 5.74) is 14.7. The van der Waals surface area contributed by atoms with Crippen molar-refractivity contribution < 1.29 is 0 Å². The maximum atomic E-state index is 6.11. The molecule has 0 saturated carbocycles. The van der Waals surface area contributed by atoms with Gasteiger partial charge in [0.05, 0.1) is 0 Å². The fourth-order valence-electron chi connectivity index (χ4n) is 2.19. The molecule has 0 aliphatic heterocycles. The summed E-state index contributed by atoms with van der Waals surface area (Å²) in [6, 6.07) is 20.6. The molecule has 104 valence electrons. The lowest BCUT2D eigenvalue weighted by Crippen LogP contribution is -2.24. The lowest BCUT2D eigenvalue weighted by Gasteiger charge is -2.10. The molecule has 2 rings (SSSR count). The molecule has 0 amide bonds. The van der Waals surface area contributed by atoms with Gasteiger partial charge in [0.1, 0.15) is 0 Å². The summed E-state index contributed by atoms with van der Waals surface area (Å²) in [6.45, 7) is 0. The molecule has 0 aliphatic rings. The SMILES string of the molecule is NC(/C=C/C(N)Cc1ccccc1)Cc1ccccc1. The van der Waals surface area contributed by atoms with Crippen LogP contribution in [0.25, 0.3) is 0 Å². The van der Waals surface area contributed by atoms with E-state index in [0.717, 1.165) is 12.8 Å². The second-order valence-electron chi connectivity index (χ2n) is 5.09. The standard InChI is InChI=1S/C18H22N2/c19-17(13-15-7-3-1-4-8-15)11-12-18(20)14-16-9-5-2-6-10-16/h1-12,17-18H,13-14,19-20H2/b12-11+. The van der Waals surface area contributed by atoms with Gasteiger partial charge in [0.15, 0.2) is 0 Å². The zero-order valence-corrected chi connectivity index (χ0v) is 11.7. The molecule has 0 fully saturated rings. The molecule has 2 heteroatoms. The van der Waals surface area contributed by atoms with Gasteiger partial charge in [0.2, 0.25) is 0 Å². The van der Waals surface area contributed by atoms with Crippen LogP contribution in [0.3, 0.4) is 0 Å². The smallest absolute Gasteiger partial charge is 0.0265 e. The Morgan fingerprint density at radius 2 is 1.00 bits per heavy atom. The van der Waals surface area contributed by atoms with Crippen molar-refractivity contribution in [1.29, 1.82) is 0 Å². The molecule has 2 atom stereocenters. The van der Waals surface area contributed by atoms with Gasteiger partial charge < -0.3 is 11.5 Å². The Hall–Kier alpha value is -1.90. The van der Waals surface area contributed by atoms with Crippen molar-refractivity contribution in [3.05, 3.63) is 83.9 Å². The van der Waals surface area contributed by atoms with Crippen LogP contribution in [-0.2, 0) is 12.8 Å². The van der Waals surface area contributed by atoms with E-state index in [1.807, 2.05) is 48.6 Å². The average Bonchev–Trinajstić information content (AvgIpc) is 2.47. The van der Waals surface area contributed by atoms with E-state index in [-0.39, 0.29) is 12.1 Å². The van der Waals surface area contributed by atoms with Crippen LogP contribution < -0.4 is 11.5 Å². The highest BCUT2D eigenvalue weighted by molar-refractivity contribution is 5.19. The van der Waals surface area contributed by atoms with E-state index in [1.54, 1.807) is 0 Å². The lowest BCUT2D eigenvalue weighted by atomic mass is 10.0. The van der Waals surface area contributed by atoms with E-state index in [2.05, 4.69) is 24.3 Å². The van der Waals surface area contributed by atoms with Crippen LogP contribution in [-0.4, -0.2) is 12.1 Å². The Morgan fingerprint density at radius 3 is 1.35 bits per heavy atom. The van der Waals surface area contributed by atoms with E-state index >= 15 is 0 Å². The van der Waals surface area contributed by atoms with Crippen LogP contribution >= 0.6 is 0 Å². The summed E-state index contributed by atoms with van der Waals surface area (Å²) < 4.78 is 0. The van der Waals surface area contributed by atoms with Crippen molar-refractivity contribution in [2.45, 2.75) is 24.9 Å². The van der Waals surface area contributed by atoms with E-state index < -0.39 is 0 Å². The van der Waals surface area contributed by atoms with Gasteiger partial charge in [-0.05, 0) is 24.0 Å². The molecule has 0 heterocycles. The first-order chi connectivity index (χ1) is 9.74. The first-order valence-electron chi connectivity index (χ1n) is 7.01. The molecule has 0 bridgehead atoms. The van der Waals surface area contributed by atoms with Gasteiger partial charge >= 0.3 is 0 Å². The van der Waals surface area contributed by atoms with Gasteiger partial charge in [0.25, 0.3) is 0 Å². The lowest BCUT2D eigenvalue weighted by molar-refractivity contribution is 0.771. The minimum atomic E-state index is 0.0132. The third-order valence-electron chi connectivity index (χ3n) is 3.23. The first-order valence-corrected chi connectivity index (χ1v) is 7.01. The Kier molecular flexibility index (Phi) is 5.54. The van der Waals surface area contributed by atoms with E-state index in [0.29, 0.717) is 0 Å². The highest BCUT2D eigenvalue weighted by Crippen LogP contribution is 2.05. The predicted molar refractivity (Wildman–Crippen MR) is 85.4 cm³/mol. The van der Waals surface area contributed by atoms with Crippen LogP contribution in [0.5, 0.6) is 0 Å². The molecule has 0 aromatic heterocycles. The number of rotatable bonds is 6. The maximum Gasteiger partial charge on any atom is 0.0265 e. The predicted octanol–water partition coefficient (Wildman–Crippen LogP) is 2.68. The summed E-state index contributed by atoms with van der Waals surface area (Å²) in [5, 5.41) is 0. The monoisotopic (exact) mass is 266 g/mol. The third kappa shape index (κ3) is 5.00. The highest BCUT2D eigenvalue weighted by Gasteiger charge is 2.02. The molecular weight excluding hydrogens is 244 g/mol. The topological polar surface area (TPSA) is 52.0 Å². The van der Waals surface area contributed by atoms with Gasteiger partial charge in [0, 0.05) is 12.1 Å². The van der Waals surface area contributed by atoms with Crippen molar-refractivity contribution in [3.63, 3.8) is 0 Å². The quantitative estimate of drug-likeness (QED) is 0.790. The van der Waals surface area contributed by atoms with E-state index in [1.165, 1.54) is 11.1 Å². The summed E-state index contributed by atoms with van der Waals surface area (Å²) >= 11 is 0. The molecular formula is C18H22N2. The van der Waals surface area contributed by atoms with Crippen LogP contribution in [0.4, 0.5) is 0 Å². The summed E-state index contributed by atoms with van der Waals surface area (Å²) in [4.78, 5) is 0. The van der Waals surface area contributed by atoms with Crippen LogP contribution in [0, 0.1) is 0 Å². The summed E-state index contributed by atoms with van der Waals surface area (Å²) in [5.74, 6) is 0. The molecule has 2 aromatic rings. The van der Waals surface area contributed by atoms with Crippen LogP contribution in [0.2, 0.25) is 0 Å². The Morgan fingerprint density at radius 1 is 0.650 bits per heavy atom. The van der Waals surface area contributed by atoms with Gasteiger partial charge in [-0.1, -0.05) is 72.8 Å². The van der Waals surface area contributed by atoms with Gasteiger partial charge in [-0.2, -0.15) is 0 Å². The van der Waals surface area contributed by atoms with E-state index in [4.69, 9.17) is 11.5 Å². The number of hydrogen-bond donors (Lipinski definition) is 2. The Bertz CT molecular complexity index is 470. The Labute approximate surface area is 121 Å². The average molecular weight is 266 g/mol. The van der Waals surface area contributed by atoms with Gasteiger partial charge in [-0.15, -0.1) is 0 Å². The van der Waals surface area contributed by atoms with Crippen molar-refractivity contribution in [2.24, 2.45) is 11.5 Å². The molecule has 4 N–H and O–H groups in total. The second kappa shape index (κ2) is 7.63. The van der Waals surface area contributed by atoms with E-state index in [9.17, 15) is 0 Å². The van der Waals surface area contributed by atoms with Crippen molar-refractivity contribution in [3.8, 4) is 0 Å². The van der Waals surface area contributed by atoms with Gasteiger partial charge in [-0.3, -0.25) is 0 Å². The number of hydrogen-bond acceptors (Lipinski definition) is 2. The second-order valence-corrected chi connectivity index (χ2v) is 5.09. The fourth-order valence-corrected chi connectivity index (χ4v) is 2.19. The fraction of sp³-hybridized carbons (Fsp3) is 0.222. The molecule has 20 heavy (non-hydrogen) atoms.